The van der Waals surface area contributed by atoms with Crippen LogP contribution in [0.2, 0.25) is 0 Å². The van der Waals surface area contributed by atoms with Gasteiger partial charge in [-0.05, 0) is 18.8 Å². The third-order valence-corrected chi connectivity index (χ3v) is 3.09. The molecule has 0 bridgehead atoms. The number of carboxylic acids is 1. The van der Waals surface area contributed by atoms with E-state index in [1.165, 1.54) is 0 Å². The van der Waals surface area contributed by atoms with Gasteiger partial charge in [-0.3, -0.25) is 9.48 Å². The van der Waals surface area contributed by atoms with Crippen LogP contribution in [0, 0.1) is 11.8 Å². The second kappa shape index (κ2) is 4.10. The van der Waals surface area contributed by atoms with Crippen LogP contribution in [-0.4, -0.2) is 31.2 Å². The van der Waals surface area contributed by atoms with Crippen LogP contribution in [0.1, 0.15) is 32.4 Å². The van der Waals surface area contributed by atoms with Crippen molar-refractivity contribution in [1.29, 1.82) is 0 Å². The fraction of sp³-hybridized carbons (Fsp3) is 0.727. The molecule has 1 saturated carbocycles. The Balaban J connectivity index is 2.04. The second-order valence-electron chi connectivity index (χ2n) is 5.19. The highest BCUT2D eigenvalue weighted by atomic mass is 16.4. The summed E-state index contributed by atoms with van der Waals surface area (Å²) >= 11 is 0. The molecule has 2 N–H and O–H groups in total. The number of carbonyl (C=O) groups is 1. The minimum Gasteiger partial charge on any atom is -0.481 e. The summed E-state index contributed by atoms with van der Waals surface area (Å²) in [5.41, 5.74) is -0.617. The van der Waals surface area contributed by atoms with Gasteiger partial charge >= 0.3 is 5.97 Å². The van der Waals surface area contributed by atoms with E-state index in [1.807, 2.05) is 0 Å². The zero-order valence-electron chi connectivity index (χ0n) is 10.00. The van der Waals surface area contributed by atoms with Gasteiger partial charge in [0.2, 0.25) is 0 Å². The fourth-order valence-corrected chi connectivity index (χ4v) is 2.11. The van der Waals surface area contributed by atoms with Crippen molar-refractivity contribution in [2.45, 2.75) is 38.8 Å². The van der Waals surface area contributed by atoms with Crippen LogP contribution in [0.3, 0.4) is 0 Å². The number of hydrogen-bond acceptors (Lipinski definition) is 4. The van der Waals surface area contributed by atoms with E-state index in [9.17, 15) is 9.90 Å². The van der Waals surface area contributed by atoms with E-state index in [2.05, 4.69) is 24.2 Å². The lowest BCUT2D eigenvalue weighted by atomic mass is 9.69. The Bertz CT molecular complexity index is 421. The molecule has 1 aromatic heterocycles. The molecular weight excluding hydrogens is 222 g/mol. The molecule has 2 rings (SSSR count). The van der Waals surface area contributed by atoms with Gasteiger partial charge < -0.3 is 10.2 Å². The molecular formula is C11H17N3O3. The molecule has 0 aromatic carbocycles. The Morgan fingerprint density at radius 3 is 2.82 bits per heavy atom. The predicted molar refractivity (Wildman–Crippen MR) is 59.1 cm³/mol. The van der Waals surface area contributed by atoms with Crippen molar-refractivity contribution in [3.8, 4) is 0 Å². The molecule has 1 aliphatic rings. The van der Waals surface area contributed by atoms with Crippen LogP contribution in [0.5, 0.6) is 0 Å². The van der Waals surface area contributed by atoms with Crippen molar-refractivity contribution in [3.63, 3.8) is 0 Å². The van der Waals surface area contributed by atoms with Crippen LogP contribution >= 0.6 is 0 Å². The lowest BCUT2D eigenvalue weighted by Gasteiger charge is -2.39. The average Bonchev–Trinajstić information content (AvgIpc) is 2.60. The monoisotopic (exact) mass is 239 g/mol. The summed E-state index contributed by atoms with van der Waals surface area (Å²) in [6.45, 7) is 4.88. The Morgan fingerprint density at radius 1 is 1.65 bits per heavy atom. The number of aliphatic hydroxyl groups is 1. The van der Waals surface area contributed by atoms with Crippen molar-refractivity contribution in [2.75, 3.05) is 0 Å². The molecule has 0 amide bonds. The summed E-state index contributed by atoms with van der Waals surface area (Å²) in [4.78, 5) is 10.7. The molecule has 0 saturated heterocycles. The van der Waals surface area contributed by atoms with Crippen LogP contribution in [0.25, 0.3) is 0 Å². The first-order chi connectivity index (χ1) is 7.90. The number of aromatic nitrogens is 3. The fourth-order valence-electron chi connectivity index (χ4n) is 2.11. The first-order valence-corrected chi connectivity index (χ1v) is 5.76. The summed E-state index contributed by atoms with van der Waals surface area (Å²) in [6, 6.07) is 0. The molecule has 94 valence electrons. The normalized spacial score (nSPS) is 28.1. The van der Waals surface area contributed by atoms with Crippen LogP contribution in [0.4, 0.5) is 0 Å². The van der Waals surface area contributed by atoms with Gasteiger partial charge in [0.05, 0.1) is 12.1 Å². The molecule has 6 nitrogen and oxygen atoms in total. The van der Waals surface area contributed by atoms with E-state index in [4.69, 9.17) is 5.11 Å². The highest BCUT2D eigenvalue weighted by Crippen LogP contribution is 2.44. The molecule has 0 spiro atoms. The SMILES string of the molecule is CC(C)Cn1cc(C2(O)CC(C(=O)O)C2)nn1. The maximum Gasteiger partial charge on any atom is 0.306 e. The number of carboxylic acid groups (broad SMARTS) is 1. The van der Waals surface area contributed by atoms with Crippen molar-refractivity contribution < 1.29 is 15.0 Å². The van der Waals surface area contributed by atoms with Gasteiger partial charge in [-0.1, -0.05) is 19.1 Å². The van der Waals surface area contributed by atoms with E-state index in [0.29, 0.717) is 11.6 Å². The van der Waals surface area contributed by atoms with Gasteiger partial charge in [0.25, 0.3) is 0 Å². The summed E-state index contributed by atoms with van der Waals surface area (Å²) < 4.78 is 1.69. The van der Waals surface area contributed by atoms with Crippen molar-refractivity contribution >= 4 is 5.97 Å². The number of nitrogens with zero attached hydrogens (tertiary/aromatic N) is 3. The first kappa shape index (κ1) is 12.0. The Hall–Kier alpha value is -1.43. The second-order valence-corrected chi connectivity index (χ2v) is 5.19. The van der Waals surface area contributed by atoms with Gasteiger partial charge in [0.1, 0.15) is 11.3 Å². The van der Waals surface area contributed by atoms with Crippen molar-refractivity contribution in [2.24, 2.45) is 11.8 Å². The van der Waals surface area contributed by atoms with Crippen molar-refractivity contribution in [3.05, 3.63) is 11.9 Å². The Kier molecular flexibility index (Phi) is 2.91. The summed E-state index contributed by atoms with van der Waals surface area (Å²) in [5.74, 6) is -0.869. The Labute approximate surface area is 99.3 Å². The minimum absolute atomic E-state index is 0.225. The largest absolute Gasteiger partial charge is 0.481 e. The highest BCUT2D eigenvalue weighted by Gasteiger charge is 2.49. The number of hydrogen-bond donors (Lipinski definition) is 2. The topological polar surface area (TPSA) is 88.2 Å². The molecule has 1 heterocycles. The maximum atomic E-state index is 10.7. The lowest BCUT2D eigenvalue weighted by molar-refractivity contribution is -0.160. The molecule has 1 fully saturated rings. The van der Waals surface area contributed by atoms with E-state index < -0.39 is 17.5 Å². The van der Waals surface area contributed by atoms with Gasteiger partial charge in [0, 0.05) is 6.54 Å². The minimum atomic E-state index is -1.10. The van der Waals surface area contributed by atoms with Gasteiger partial charge in [-0.2, -0.15) is 0 Å². The zero-order valence-corrected chi connectivity index (χ0v) is 10.00. The standard InChI is InChI=1S/C11H17N3O3/c1-7(2)5-14-6-9(12-13-14)11(17)3-8(4-11)10(15)16/h6-8,17H,3-5H2,1-2H3,(H,15,16). The summed E-state index contributed by atoms with van der Waals surface area (Å²) in [7, 11) is 0. The maximum absolute atomic E-state index is 10.7. The third kappa shape index (κ3) is 2.31. The van der Waals surface area contributed by atoms with Crippen LogP contribution in [0.15, 0.2) is 6.20 Å². The molecule has 0 unspecified atom stereocenters. The van der Waals surface area contributed by atoms with Gasteiger partial charge in [-0.25, -0.2) is 0 Å². The molecule has 0 aliphatic heterocycles. The summed E-state index contributed by atoms with van der Waals surface area (Å²) in [6.07, 6.45) is 2.16. The molecule has 6 heteroatoms. The number of rotatable bonds is 4. The average molecular weight is 239 g/mol. The smallest absolute Gasteiger partial charge is 0.306 e. The highest BCUT2D eigenvalue weighted by molar-refractivity contribution is 5.71. The van der Waals surface area contributed by atoms with Gasteiger partial charge in [0.15, 0.2) is 0 Å². The lowest BCUT2D eigenvalue weighted by Crippen LogP contribution is -2.44. The van der Waals surface area contributed by atoms with E-state index >= 15 is 0 Å². The van der Waals surface area contributed by atoms with E-state index in [0.717, 1.165) is 6.54 Å². The molecule has 0 radical (unpaired) electrons. The molecule has 1 aliphatic carbocycles. The molecule has 17 heavy (non-hydrogen) atoms. The van der Waals surface area contributed by atoms with E-state index in [1.54, 1.807) is 10.9 Å². The van der Waals surface area contributed by atoms with Gasteiger partial charge in [-0.15, -0.1) is 5.10 Å². The van der Waals surface area contributed by atoms with Crippen LogP contribution < -0.4 is 0 Å². The van der Waals surface area contributed by atoms with Crippen LogP contribution in [-0.2, 0) is 16.9 Å². The quantitative estimate of drug-likeness (QED) is 0.804. The third-order valence-electron chi connectivity index (χ3n) is 3.09. The zero-order chi connectivity index (χ0) is 12.6. The van der Waals surface area contributed by atoms with Crippen molar-refractivity contribution in [1.82, 2.24) is 15.0 Å². The number of aliphatic carboxylic acids is 1. The summed E-state index contributed by atoms with van der Waals surface area (Å²) in [5, 5.41) is 26.8. The first-order valence-electron chi connectivity index (χ1n) is 5.76. The van der Waals surface area contributed by atoms with E-state index in [-0.39, 0.29) is 12.8 Å². The molecule has 1 aromatic rings. The predicted octanol–water partition coefficient (Wildman–Crippen LogP) is 0.616. The Morgan fingerprint density at radius 2 is 2.29 bits per heavy atom. The molecule has 0 atom stereocenters.